The summed E-state index contributed by atoms with van der Waals surface area (Å²) in [4.78, 5) is 2.84. The van der Waals surface area contributed by atoms with Gasteiger partial charge in [-0.25, -0.2) is 0 Å². The van der Waals surface area contributed by atoms with E-state index in [1.54, 1.807) is 0 Å². The SMILES string of the molecule is CC(C)(C)[Si](C)(C)O[C@]1(C)CCC[C@H](N=[N+]=[N-])C1O. The monoisotopic (exact) mass is 285 g/mol. The van der Waals surface area contributed by atoms with Crippen LogP contribution in [-0.2, 0) is 4.43 Å². The number of aliphatic hydroxyl groups is 1. The van der Waals surface area contributed by atoms with Crippen molar-refractivity contribution in [1.82, 2.24) is 0 Å². The lowest BCUT2D eigenvalue weighted by molar-refractivity contribution is -0.0853. The van der Waals surface area contributed by atoms with Gasteiger partial charge >= 0.3 is 0 Å². The maximum Gasteiger partial charge on any atom is 0.192 e. The maximum atomic E-state index is 10.5. The van der Waals surface area contributed by atoms with Gasteiger partial charge in [0, 0.05) is 4.91 Å². The molecule has 1 rings (SSSR count). The first-order valence-electron chi connectivity index (χ1n) is 6.96. The van der Waals surface area contributed by atoms with Gasteiger partial charge in [0.15, 0.2) is 8.32 Å². The summed E-state index contributed by atoms with van der Waals surface area (Å²) in [5.41, 5.74) is 7.99. The molecule has 3 atom stereocenters. The van der Waals surface area contributed by atoms with Crippen LogP contribution in [0.2, 0.25) is 18.1 Å². The summed E-state index contributed by atoms with van der Waals surface area (Å²) in [6.45, 7) is 12.9. The summed E-state index contributed by atoms with van der Waals surface area (Å²) in [6, 6.07) is -0.367. The Morgan fingerprint density at radius 2 is 2.00 bits per heavy atom. The molecule has 1 aliphatic carbocycles. The van der Waals surface area contributed by atoms with Crippen molar-refractivity contribution in [3.8, 4) is 0 Å². The Bertz CT molecular complexity index is 375. The fourth-order valence-corrected chi connectivity index (χ4v) is 4.10. The Hall–Kier alpha value is -0.553. The van der Waals surface area contributed by atoms with Crippen molar-refractivity contribution in [2.45, 2.75) is 82.8 Å². The fraction of sp³-hybridized carbons (Fsp3) is 1.00. The molecule has 0 spiro atoms. The van der Waals surface area contributed by atoms with E-state index < -0.39 is 20.0 Å². The molecule has 1 unspecified atom stereocenters. The first-order chi connectivity index (χ1) is 8.53. The second-order valence-electron chi connectivity index (χ2n) is 7.28. The molecule has 19 heavy (non-hydrogen) atoms. The molecule has 1 N–H and O–H groups in total. The highest BCUT2D eigenvalue weighted by Gasteiger charge is 2.48. The molecular formula is C13H27N3O2Si. The summed E-state index contributed by atoms with van der Waals surface area (Å²) in [7, 11) is -1.95. The van der Waals surface area contributed by atoms with Crippen molar-refractivity contribution in [3.05, 3.63) is 10.4 Å². The van der Waals surface area contributed by atoms with Crippen molar-refractivity contribution in [1.29, 1.82) is 0 Å². The Balaban J connectivity index is 2.94. The predicted octanol–water partition coefficient (Wildman–Crippen LogP) is 3.99. The van der Waals surface area contributed by atoms with Crippen molar-refractivity contribution >= 4 is 8.32 Å². The summed E-state index contributed by atoms with van der Waals surface area (Å²) in [5.74, 6) is 0. The summed E-state index contributed by atoms with van der Waals surface area (Å²) in [6.07, 6.45) is 1.76. The number of rotatable bonds is 3. The van der Waals surface area contributed by atoms with Crippen LogP contribution >= 0.6 is 0 Å². The van der Waals surface area contributed by atoms with E-state index in [1.807, 2.05) is 6.92 Å². The van der Waals surface area contributed by atoms with Gasteiger partial charge in [0.05, 0.1) is 17.7 Å². The van der Waals surface area contributed by atoms with E-state index >= 15 is 0 Å². The molecule has 0 aromatic carbocycles. The number of hydrogen-bond acceptors (Lipinski definition) is 3. The Morgan fingerprint density at radius 1 is 1.42 bits per heavy atom. The average Bonchev–Trinajstić information content (AvgIpc) is 2.23. The van der Waals surface area contributed by atoms with Crippen molar-refractivity contribution in [2.24, 2.45) is 5.11 Å². The minimum atomic E-state index is -1.95. The highest BCUT2D eigenvalue weighted by molar-refractivity contribution is 6.74. The lowest BCUT2D eigenvalue weighted by Crippen LogP contribution is -2.58. The molecule has 110 valence electrons. The summed E-state index contributed by atoms with van der Waals surface area (Å²) < 4.78 is 6.43. The van der Waals surface area contributed by atoms with E-state index in [-0.39, 0.29) is 11.1 Å². The van der Waals surface area contributed by atoms with E-state index in [1.165, 1.54) is 0 Å². The van der Waals surface area contributed by atoms with Crippen LogP contribution in [0.4, 0.5) is 0 Å². The van der Waals surface area contributed by atoms with Crippen LogP contribution in [0.15, 0.2) is 5.11 Å². The van der Waals surface area contributed by atoms with Crippen LogP contribution in [0, 0.1) is 0 Å². The van der Waals surface area contributed by atoms with Crippen LogP contribution < -0.4 is 0 Å². The van der Waals surface area contributed by atoms with Crippen molar-refractivity contribution < 1.29 is 9.53 Å². The quantitative estimate of drug-likeness (QED) is 0.368. The van der Waals surface area contributed by atoms with Crippen LogP contribution in [0.5, 0.6) is 0 Å². The number of nitrogens with zero attached hydrogens (tertiary/aromatic N) is 3. The van der Waals surface area contributed by atoms with Crippen LogP contribution in [0.1, 0.15) is 47.0 Å². The lowest BCUT2D eigenvalue weighted by atomic mass is 9.81. The van der Waals surface area contributed by atoms with Crippen molar-refractivity contribution in [3.63, 3.8) is 0 Å². The van der Waals surface area contributed by atoms with Gasteiger partial charge in [-0.3, -0.25) is 0 Å². The predicted molar refractivity (Wildman–Crippen MR) is 79.5 cm³/mol. The molecule has 0 aromatic rings. The second-order valence-corrected chi connectivity index (χ2v) is 12.0. The zero-order chi connectivity index (χ0) is 14.9. The molecule has 6 heteroatoms. The molecule has 0 heterocycles. The van der Waals surface area contributed by atoms with Gasteiger partial charge in [-0.05, 0) is 43.4 Å². The number of azide groups is 1. The molecule has 0 radical (unpaired) electrons. The van der Waals surface area contributed by atoms with Gasteiger partial charge in [-0.1, -0.05) is 32.3 Å². The van der Waals surface area contributed by atoms with Crippen LogP contribution in [0.25, 0.3) is 10.4 Å². The molecule has 1 fully saturated rings. The summed E-state index contributed by atoms with van der Waals surface area (Å²) in [5, 5.41) is 14.3. The number of hydrogen-bond donors (Lipinski definition) is 1. The zero-order valence-corrected chi connectivity index (χ0v) is 14.0. The van der Waals surface area contributed by atoms with E-state index in [2.05, 4.69) is 43.9 Å². The van der Waals surface area contributed by atoms with Gasteiger partial charge in [-0.15, -0.1) is 0 Å². The average molecular weight is 285 g/mol. The Kier molecular flexibility index (Phi) is 4.73. The van der Waals surface area contributed by atoms with Gasteiger partial charge in [0.2, 0.25) is 0 Å². The molecule has 0 aliphatic heterocycles. The highest BCUT2D eigenvalue weighted by Crippen LogP contribution is 2.43. The van der Waals surface area contributed by atoms with Crippen molar-refractivity contribution in [2.75, 3.05) is 0 Å². The zero-order valence-electron chi connectivity index (χ0n) is 13.0. The summed E-state index contributed by atoms with van der Waals surface area (Å²) >= 11 is 0. The molecule has 1 saturated carbocycles. The first kappa shape index (κ1) is 16.5. The largest absolute Gasteiger partial charge is 0.409 e. The number of aliphatic hydroxyl groups excluding tert-OH is 1. The molecule has 0 saturated heterocycles. The minimum absolute atomic E-state index is 0.0984. The first-order valence-corrected chi connectivity index (χ1v) is 9.87. The standard InChI is InChI=1S/C13H27N3O2Si/c1-12(2,3)19(5,6)18-13(4)9-7-8-10(11(13)17)15-16-14/h10-11,17H,7-9H2,1-6H3/t10-,11?,13+/m0/s1. The van der Waals surface area contributed by atoms with E-state index in [0.717, 1.165) is 19.3 Å². The van der Waals surface area contributed by atoms with Gasteiger partial charge in [-0.2, -0.15) is 0 Å². The highest BCUT2D eigenvalue weighted by atomic mass is 28.4. The lowest BCUT2D eigenvalue weighted by Gasteiger charge is -2.49. The third kappa shape index (κ3) is 3.51. The molecular weight excluding hydrogens is 258 g/mol. The molecule has 0 aromatic heterocycles. The minimum Gasteiger partial charge on any atom is -0.409 e. The van der Waals surface area contributed by atoms with Gasteiger partial charge in [0.25, 0.3) is 0 Å². The topological polar surface area (TPSA) is 78.2 Å². The Morgan fingerprint density at radius 3 is 2.47 bits per heavy atom. The molecule has 5 nitrogen and oxygen atoms in total. The molecule has 0 bridgehead atoms. The fourth-order valence-electron chi connectivity index (χ4n) is 2.41. The Labute approximate surface area is 117 Å². The molecule has 0 amide bonds. The second kappa shape index (κ2) is 5.44. The van der Waals surface area contributed by atoms with E-state index in [4.69, 9.17) is 9.96 Å². The van der Waals surface area contributed by atoms with E-state index in [0.29, 0.717) is 0 Å². The third-order valence-corrected chi connectivity index (χ3v) is 9.25. The third-order valence-electron chi connectivity index (χ3n) is 4.66. The van der Waals surface area contributed by atoms with Gasteiger partial charge in [0.1, 0.15) is 0 Å². The molecule has 1 aliphatic rings. The van der Waals surface area contributed by atoms with Crippen LogP contribution in [0.3, 0.4) is 0 Å². The van der Waals surface area contributed by atoms with E-state index in [9.17, 15) is 5.11 Å². The van der Waals surface area contributed by atoms with Crippen LogP contribution in [-0.4, -0.2) is 31.2 Å². The normalized spacial score (nSPS) is 32.8. The smallest absolute Gasteiger partial charge is 0.192 e. The van der Waals surface area contributed by atoms with Gasteiger partial charge < -0.3 is 9.53 Å². The maximum absolute atomic E-state index is 10.5.